The number of nitrogens with zero attached hydrogens (tertiary/aromatic N) is 3. The Morgan fingerprint density at radius 2 is 1.83 bits per heavy atom. The first-order valence-electron chi connectivity index (χ1n) is 8.92. The minimum Gasteiger partial charge on any atom is -0.325 e. The van der Waals surface area contributed by atoms with Gasteiger partial charge in [-0.05, 0) is 36.4 Å². The van der Waals surface area contributed by atoms with Crippen LogP contribution < -0.4 is 5.32 Å². The van der Waals surface area contributed by atoms with Gasteiger partial charge in [-0.2, -0.15) is 0 Å². The second-order valence-corrected chi connectivity index (χ2v) is 7.66. The highest BCUT2D eigenvalue weighted by Crippen LogP contribution is 2.29. The van der Waals surface area contributed by atoms with Crippen molar-refractivity contribution in [3.63, 3.8) is 0 Å². The molecule has 1 aromatic heterocycles. The van der Waals surface area contributed by atoms with Gasteiger partial charge in [0.1, 0.15) is 5.02 Å². The fraction of sp³-hybridized carbons (Fsp3) is 0.0476. The highest BCUT2D eigenvalue weighted by atomic mass is 35.5. The number of amides is 1. The van der Waals surface area contributed by atoms with Crippen LogP contribution in [0.3, 0.4) is 0 Å². The Kier molecular flexibility index (Phi) is 5.69. The van der Waals surface area contributed by atoms with E-state index in [-0.39, 0.29) is 22.4 Å². The third-order valence-electron chi connectivity index (χ3n) is 4.30. The van der Waals surface area contributed by atoms with Crippen molar-refractivity contribution in [1.29, 1.82) is 0 Å². The Morgan fingerprint density at radius 3 is 2.60 bits per heavy atom. The van der Waals surface area contributed by atoms with Crippen LogP contribution in [-0.4, -0.2) is 26.1 Å². The average Bonchev–Trinajstić information content (AvgIpc) is 3.12. The van der Waals surface area contributed by atoms with Gasteiger partial charge in [-0.3, -0.25) is 19.5 Å². The fourth-order valence-electron chi connectivity index (χ4n) is 2.98. The topological polar surface area (TPSA) is 90.1 Å². The van der Waals surface area contributed by atoms with Gasteiger partial charge in [0.2, 0.25) is 5.91 Å². The lowest BCUT2D eigenvalue weighted by Crippen LogP contribution is -2.14. The molecule has 0 spiro atoms. The number of aromatic nitrogens is 2. The summed E-state index contributed by atoms with van der Waals surface area (Å²) in [5, 5.41) is 14.4. The molecular formula is C21H15ClN4O3S. The van der Waals surface area contributed by atoms with Crippen molar-refractivity contribution in [2.24, 2.45) is 0 Å². The number of benzene rings is 3. The maximum Gasteiger partial charge on any atom is 0.289 e. The Bertz CT molecular complexity index is 1240. The van der Waals surface area contributed by atoms with Crippen LogP contribution in [0.4, 0.5) is 11.4 Å². The second-order valence-electron chi connectivity index (χ2n) is 6.31. The third kappa shape index (κ3) is 4.14. The van der Waals surface area contributed by atoms with Gasteiger partial charge in [-0.15, -0.1) is 0 Å². The highest BCUT2D eigenvalue weighted by molar-refractivity contribution is 7.99. The number of anilines is 1. The number of nitro benzene ring substituents is 1. The van der Waals surface area contributed by atoms with E-state index in [2.05, 4.69) is 10.3 Å². The molecule has 0 aliphatic carbocycles. The summed E-state index contributed by atoms with van der Waals surface area (Å²) in [6.45, 7) is 0. The molecular weight excluding hydrogens is 424 g/mol. The predicted molar refractivity (Wildman–Crippen MR) is 119 cm³/mol. The lowest BCUT2D eigenvalue weighted by atomic mass is 10.3. The number of halogens is 1. The van der Waals surface area contributed by atoms with E-state index in [0.717, 1.165) is 16.7 Å². The number of fused-ring (bicyclic) bond motifs is 1. The molecule has 0 unspecified atom stereocenters. The van der Waals surface area contributed by atoms with E-state index in [9.17, 15) is 14.9 Å². The average molecular weight is 439 g/mol. The first-order valence-corrected chi connectivity index (χ1v) is 10.3. The van der Waals surface area contributed by atoms with Gasteiger partial charge in [0.05, 0.1) is 21.7 Å². The van der Waals surface area contributed by atoms with Crippen molar-refractivity contribution in [3.05, 3.63) is 87.9 Å². The second kappa shape index (κ2) is 8.56. The maximum atomic E-state index is 12.4. The Morgan fingerprint density at radius 1 is 1.10 bits per heavy atom. The number of carbonyl (C=O) groups excluding carboxylic acids is 1. The van der Waals surface area contributed by atoms with Gasteiger partial charge in [-0.1, -0.05) is 53.7 Å². The Labute approximate surface area is 180 Å². The summed E-state index contributed by atoms with van der Waals surface area (Å²) < 4.78 is 2.00. The summed E-state index contributed by atoms with van der Waals surface area (Å²) in [7, 11) is 0. The number of hydrogen-bond acceptors (Lipinski definition) is 5. The molecule has 0 aliphatic heterocycles. The van der Waals surface area contributed by atoms with E-state index in [1.54, 1.807) is 0 Å². The van der Waals surface area contributed by atoms with Gasteiger partial charge in [0.15, 0.2) is 5.16 Å². The quantitative estimate of drug-likeness (QED) is 0.250. The molecule has 7 nitrogen and oxygen atoms in total. The van der Waals surface area contributed by atoms with Crippen LogP contribution >= 0.6 is 23.4 Å². The molecule has 0 saturated carbocycles. The van der Waals surface area contributed by atoms with Crippen LogP contribution in [0.1, 0.15) is 0 Å². The van der Waals surface area contributed by atoms with E-state index >= 15 is 0 Å². The standard InChI is InChI=1S/C21H15ClN4O3S/c22-16-11-10-14(12-19(16)26(28)29)23-20(27)13-30-21-24-17-8-4-5-9-18(17)25(21)15-6-2-1-3-7-15/h1-12H,13H2,(H,23,27). The molecule has 4 rings (SSSR count). The number of hydrogen-bond donors (Lipinski definition) is 1. The summed E-state index contributed by atoms with van der Waals surface area (Å²) in [5.74, 6) is -0.213. The molecule has 1 N–H and O–H groups in total. The minimum atomic E-state index is -0.588. The molecule has 0 atom stereocenters. The number of nitrogens with one attached hydrogen (secondary N) is 1. The first-order chi connectivity index (χ1) is 14.5. The predicted octanol–water partition coefficient (Wildman–Crippen LogP) is 5.32. The Hall–Kier alpha value is -3.36. The number of thioether (sulfide) groups is 1. The van der Waals surface area contributed by atoms with E-state index < -0.39 is 4.92 Å². The monoisotopic (exact) mass is 438 g/mol. The molecule has 0 bridgehead atoms. The molecule has 30 heavy (non-hydrogen) atoms. The van der Waals surface area contributed by atoms with Gasteiger partial charge in [0, 0.05) is 17.4 Å². The molecule has 0 radical (unpaired) electrons. The van der Waals surface area contributed by atoms with E-state index in [0.29, 0.717) is 10.8 Å². The molecule has 0 saturated heterocycles. The normalized spacial score (nSPS) is 10.8. The van der Waals surface area contributed by atoms with Crippen LogP contribution in [0.5, 0.6) is 0 Å². The number of nitro groups is 1. The van der Waals surface area contributed by atoms with Crippen molar-refractivity contribution in [2.75, 3.05) is 11.1 Å². The van der Waals surface area contributed by atoms with Crippen LogP contribution in [0.2, 0.25) is 5.02 Å². The number of imidazole rings is 1. The zero-order chi connectivity index (χ0) is 21.1. The van der Waals surface area contributed by atoms with Crippen molar-refractivity contribution in [3.8, 4) is 5.69 Å². The first kappa shape index (κ1) is 19.9. The van der Waals surface area contributed by atoms with Gasteiger partial charge in [0.25, 0.3) is 5.69 Å². The Balaban J connectivity index is 1.55. The molecule has 0 aliphatic rings. The van der Waals surface area contributed by atoms with Crippen molar-refractivity contribution < 1.29 is 9.72 Å². The number of rotatable bonds is 6. The van der Waals surface area contributed by atoms with E-state index in [4.69, 9.17) is 11.6 Å². The van der Waals surface area contributed by atoms with Gasteiger partial charge < -0.3 is 5.32 Å². The molecule has 150 valence electrons. The summed E-state index contributed by atoms with van der Waals surface area (Å²) in [4.78, 5) is 27.5. The maximum absolute atomic E-state index is 12.4. The summed E-state index contributed by atoms with van der Waals surface area (Å²) >= 11 is 7.10. The largest absolute Gasteiger partial charge is 0.325 e. The highest BCUT2D eigenvalue weighted by Gasteiger charge is 2.16. The molecule has 4 aromatic rings. The van der Waals surface area contributed by atoms with Crippen molar-refractivity contribution in [2.45, 2.75) is 5.16 Å². The van der Waals surface area contributed by atoms with E-state index in [1.165, 1.54) is 30.0 Å². The lowest BCUT2D eigenvalue weighted by molar-refractivity contribution is -0.384. The van der Waals surface area contributed by atoms with E-state index in [1.807, 2.05) is 59.2 Å². The van der Waals surface area contributed by atoms with Crippen LogP contribution in [0, 0.1) is 10.1 Å². The summed E-state index contributed by atoms with van der Waals surface area (Å²) in [5.41, 5.74) is 2.78. The fourth-order valence-corrected chi connectivity index (χ4v) is 4.00. The smallest absolute Gasteiger partial charge is 0.289 e. The zero-order valence-electron chi connectivity index (χ0n) is 15.5. The van der Waals surface area contributed by atoms with Crippen molar-refractivity contribution >= 4 is 51.7 Å². The SMILES string of the molecule is O=C(CSc1nc2ccccc2n1-c1ccccc1)Nc1ccc(Cl)c([N+](=O)[O-])c1. The molecule has 0 fully saturated rings. The minimum absolute atomic E-state index is 0.0175. The van der Waals surface area contributed by atoms with Crippen LogP contribution in [-0.2, 0) is 4.79 Å². The molecule has 9 heteroatoms. The van der Waals surface area contributed by atoms with Gasteiger partial charge in [-0.25, -0.2) is 4.98 Å². The molecule has 3 aromatic carbocycles. The molecule has 1 amide bonds. The summed E-state index contributed by atoms with van der Waals surface area (Å²) in [6, 6.07) is 21.7. The number of carbonyl (C=O) groups is 1. The lowest BCUT2D eigenvalue weighted by Gasteiger charge is -2.09. The van der Waals surface area contributed by atoms with Crippen LogP contribution in [0.25, 0.3) is 16.7 Å². The van der Waals surface area contributed by atoms with Crippen LogP contribution in [0.15, 0.2) is 78.0 Å². The van der Waals surface area contributed by atoms with Gasteiger partial charge >= 0.3 is 0 Å². The third-order valence-corrected chi connectivity index (χ3v) is 5.56. The molecule has 1 heterocycles. The number of para-hydroxylation sites is 3. The van der Waals surface area contributed by atoms with Crippen molar-refractivity contribution in [1.82, 2.24) is 9.55 Å². The summed E-state index contributed by atoms with van der Waals surface area (Å²) in [6.07, 6.45) is 0. The zero-order valence-corrected chi connectivity index (χ0v) is 17.1.